The van der Waals surface area contributed by atoms with E-state index in [-0.39, 0.29) is 10.4 Å². The van der Waals surface area contributed by atoms with E-state index < -0.39 is 23.1 Å². The molecule has 2 aromatic heterocycles. The molecule has 0 radical (unpaired) electrons. The van der Waals surface area contributed by atoms with Gasteiger partial charge in [-0.3, -0.25) is 9.78 Å². The van der Waals surface area contributed by atoms with Gasteiger partial charge in [-0.1, -0.05) is 0 Å². The van der Waals surface area contributed by atoms with Crippen LogP contribution in [0.25, 0.3) is 0 Å². The Hall–Kier alpha value is -1.63. The van der Waals surface area contributed by atoms with Crippen LogP contribution in [0.1, 0.15) is 21.7 Å². The van der Waals surface area contributed by atoms with Crippen molar-refractivity contribution in [1.29, 1.82) is 0 Å². The molecule has 0 unspecified atom stereocenters. The number of carbonyl (C=O) groups excluding carboxylic acids is 1. The highest BCUT2D eigenvalue weighted by atomic mass is 79.9. The minimum Gasteiger partial charge on any atom is -0.446 e. The summed E-state index contributed by atoms with van der Waals surface area (Å²) in [5, 5.41) is 0. The third-order valence-corrected chi connectivity index (χ3v) is 2.59. The lowest BCUT2D eigenvalue weighted by Gasteiger charge is -2.09. The predicted octanol–water partition coefficient (Wildman–Crippen LogP) is 3.69. The van der Waals surface area contributed by atoms with Gasteiger partial charge in [-0.2, -0.15) is 13.2 Å². The van der Waals surface area contributed by atoms with Crippen molar-refractivity contribution in [2.24, 2.45) is 0 Å². The predicted molar refractivity (Wildman–Crippen MR) is 59.1 cm³/mol. The van der Waals surface area contributed by atoms with E-state index in [1.165, 1.54) is 12.1 Å². The Balaban J connectivity index is 2.49. The molecule has 94 valence electrons. The van der Waals surface area contributed by atoms with Crippen LogP contribution >= 0.6 is 15.9 Å². The number of hydrogen-bond acceptors (Lipinski definition) is 3. The number of furan rings is 1. The van der Waals surface area contributed by atoms with Crippen LogP contribution in [0.3, 0.4) is 0 Å². The third kappa shape index (κ3) is 2.45. The molecule has 0 saturated carbocycles. The maximum absolute atomic E-state index is 12.7. The van der Waals surface area contributed by atoms with Gasteiger partial charge < -0.3 is 4.42 Å². The van der Waals surface area contributed by atoms with Gasteiger partial charge in [-0.15, -0.1) is 0 Å². The maximum Gasteiger partial charge on any atom is 0.417 e. The van der Waals surface area contributed by atoms with E-state index in [1.807, 2.05) is 0 Å². The van der Waals surface area contributed by atoms with Gasteiger partial charge in [0.2, 0.25) is 5.78 Å². The summed E-state index contributed by atoms with van der Waals surface area (Å²) in [4.78, 5) is 15.4. The molecule has 0 atom stereocenters. The lowest BCUT2D eigenvalue weighted by molar-refractivity contribution is -0.137. The SMILES string of the molecule is O=C(c1ccc(Br)o1)c1cnccc1C(F)(F)F. The molecule has 0 saturated heterocycles. The molecule has 0 aromatic carbocycles. The van der Waals surface area contributed by atoms with Gasteiger partial charge in [0, 0.05) is 12.4 Å². The number of carbonyl (C=O) groups is 1. The second-order valence-electron chi connectivity index (χ2n) is 3.35. The Kier molecular flexibility index (Phi) is 3.25. The minimum absolute atomic E-state index is 0.180. The monoisotopic (exact) mass is 319 g/mol. The van der Waals surface area contributed by atoms with Crippen LogP contribution in [0.4, 0.5) is 13.2 Å². The second kappa shape index (κ2) is 4.56. The van der Waals surface area contributed by atoms with Gasteiger partial charge >= 0.3 is 6.18 Å². The van der Waals surface area contributed by atoms with E-state index in [9.17, 15) is 18.0 Å². The number of aromatic nitrogens is 1. The van der Waals surface area contributed by atoms with Crippen molar-refractivity contribution in [3.05, 3.63) is 52.1 Å². The van der Waals surface area contributed by atoms with E-state index in [1.54, 1.807) is 0 Å². The zero-order chi connectivity index (χ0) is 13.3. The van der Waals surface area contributed by atoms with Crippen molar-refractivity contribution >= 4 is 21.7 Å². The average Bonchev–Trinajstić information content (AvgIpc) is 2.74. The van der Waals surface area contributed by atoms with Crippen LogP contribution in [0.2, 0.25) is 0 Å². The van der Waals surface area contributed by atoms with Gasteiger partial charge in [0.05, 0.1) is 11.1 Å². The lowest BCUT2D eigenvalue weighted by Crippen LogP contribution is -2.13. The standard InChI is InChI=1S/C11H5BrF3NO2/c12-9-2-1-8(18-9)10(17)6-5-16-4-3-7(6)11(13,14)15/h1-5H. The molecular formula is C11H5BrF3NO2. The van der Waals surface area contributed by atoms with Crippen molar-refractivity contribution in [2.45, 2.75) is 6.18 Å². The summed E-state index contributed by atoms with van der Waals surface area (Å²) < 4.78 is 43.3. The highest BCUT2D eigenvalue weighted by Crippen LogP contribution is 2.32. The van der Waals surface area contributed by atoms with Crippen molar-refractivity contribution in [3.63, 3.8) is 0 Å². The fraction of sp³-hybridized carbons (Fsp3) is 0.0909. The largest absolute Gasteiger partial charge is 0.446 e. The Morgan fingerprint density at radius 2 is 2.00 bits per heavy atom. The smallest absolute Gasteiger partial charge is 0.417 e. The molecule has 0 aliphatic heterocycles. The molecule has 2 heterocycles. The van der Waals surface area contributed by atoms with Crippen molar-refractivity contribution in [2.75, 3.05) is 0 Å². The van der Waals surface area contributed by atoms with Crippen molar-refractivity contribution in [1.82, 2.24) is 4.98 Å². The maximum atomic E-state index is 12.7. The summed E-state index contributed by atoms with van der Waals surface area (Å²) in [5.41, 5.74) is -1.57. The van der Waals surface area contributed by atoms with Crippen LogP contribution in [0.15, 0.2) is 39.7 Å². The van der Waals surface area contributed by atoms with Gasteiger partial charge in [0.15, 0.2) is 10.4 Å². The number of pyridine rings is 1. The first-order chi connectivity index (χ1) is 8.39. The Bertz CT molecular complexity index is 592. The number of ketones is 1. The normalized spacial score (nSPS) is 11.6. The zero-order valence-corrected chi connectivity index (χ0v) is 10.2. The molecule has 18 heavy (non-hydrogen) atoms. The number of alkyl halides is 3. The van der Waals surface area contributed by atoms with Crippen molar-refractivity contribution in [3.8, 4) is 0 Å². The summed E-state index contributed by atoms with van der Waals surface area (Å²) in [6.07, 6.45) is -2.75. The van der Waals surface area contributed by atoms with Crippen LogP contribution < -0.4 is 0 Å². The second-order valence-corrected chi connectivity index (χ2v) is 4.13. The van der Waals surface area contributed by atoms with Crippen LogP contribution in [-0.4, -0.2) is 10.8 Å². The molecule has 0 bridgehead atoms. The van der Waals surface area contributed by atoms with E-state index in [4.69, 9.17) is 4.42 Å². The van der Waals surface area contributed by atoms with E-state index in [0.717, 1.165) is 18.5 Å². The van der Waals surface area contributed by atoms with E-state index in [0.29, 0.717) is 0 Å². The highest BCUT2D eigenvalue weighted by molar-refractivity contribution is 9.10. The van der Waals surface area contributed by atoms with E-state index in [2.05, 4.69) is 20.9 Å². The van der Waals surface area contributed by atoms with Gasteiger partial charge in [0.25, 0.3) is 0 Å². The molecule has 0 N–H and O–H groups in total. The zero-order valence-electron chi connectivity index (χ0n) is 8.66. The van der Waals surface area contributed by atoms with Gasteiger partial charge in [-0.05, 0) is 34.1 Å². The summed E-state index contributed by atoms with van der Waals surface area (Å²) in [5.74, 6) is -1.04. The summed E-state index contributed by atoms with van der Waals surface area (Å²) >= 11 is 2.97. The number of hydrogen-bond donors (Lipinski definition) is 0. The number of halogens is 4. The first-order valence-electron chi connectivity index (χ1n) is 4.71. The van der Waals surface area contributed by atoms with E-state index >= 15 is 0 Å². The molecular weight excluding hydrogens is 315 g/mol. The Morgan fingerprint density at radius 1 is 1.28 bits per heavy atom. The summed E-state index contributed by atoms with van der Waals surface area (Å²) in [6, 6.07) is 3.47. The molecule has 3 nitrogen and oxygen atoms in total. The first kappa shape index (κ1) is 12.8. The van der Waals surface area contributed by atoms with Crippen LogP contribution in [0, 0.1) is 0 Å². The molecule has 7 heteroatoms. The number of rotatable bonds is 2. The topological polar surface area (TPSA) is 43.1 Å². The quantitative estimate of drug-likeness (QED) is 0.793. The average molecular weight is 320 g/mol. The Labute approximate surface area is 108 Å². The third-order valence-electron chi connectivity index (χ3n) is 2.17. The van der Waals surface area contributed by atoms with Gasteiger partial charge in [-0.25, -0.2) is 0 Å². The minimum atomic E-state index is -4.61. The fourth-order valence-corrected chi connectivity index (χ4v) is 1.70. The fourth-order valence-electron chi connectivity index (χ4n) is 1.39. The molecule has 0 amide bonds. The molecule has 0 fully saturated rings. The Morgan fingerprint density at radius 3 is 2.56 bits per heavy atom. The highest BCUT2D eigenvalue weighted by Gasteiger charge is 2.35. The van der Waals surface area contributed by atoms with Crippen LogP contribution in [0.5, 0.6) is 0 Å². The molecule has 2 aromatic rings. The number of nitrogens with zero attached hydrogens (tertiary/aromatic N) is 1. The molecule has 0 aliphatic rings. The summed E-state index contributed by atoms with van der Waals surface area (Å²) in [7, 11) is 0. The lowest BCUT2D eigenvalue weighted by atomic mass is 10.0. The first-order valence-corrected chi connectivity index (χ1v) is 5.50. The van der Waals surface area contributed by atoms with Gasteiger partial charge in [0.1, 0.15) is 0 Å². The molecule has 2 rings (SSSR count). The van der Waals surface area contributed by atoms with Crippen molar-refractivity contribution < 1.29 is 22.4 Å². The van der Waals surface area contributed by atoms with Crippen LogP contribution in [-0.2, 0) is 6.18 Å². The molecule has 0 spiro atoms. The summed E-state index contributed by atoms with van der Waals surface area (Å²) in [6.45, 7) is 0. The molecule has 0 aliphatic carbocycles.